The second-order valence-electron chi connectivity index (χ2n) is 14.8. The zero-order chi connectivity index (χ0) is 45.6. The number of hydrogen-bond acceptors (Lipinski definition) is 3. The first-order valence-electron chi connectivity index (χ1n) is 22.8. The molecule has 0 amide bonds. The summed E-state index contributed by atoms with van der Waals surface area (Å²) in [7, 11) is 0. The molecular weight excluding hydrogens is 731 g/mol. The number of fused-ring (bicyclic) bond motifs is 1. The highest BCUT2D eigenvalue weighted by Crippen LogP contribution is 2.43. The molecule has 4 heteroatoms. The molecule has 0 atom stereocenters. The van der Waals surface area contributed by atoms with E-state index in [1.807, 2.05) is 144 Å². The van der Waals surface area contributed by atoms with Gasteiger partial charge in [-0.15, -0.1) is 0 Å². The van der Waals surface area contributed by atoms with Crippen molar-refractivity contribution in [1.29, 1.82) is 0 Å². The molecule has 0 saturated carbocycles. The third-order valence-electron chi connectivity index (χ3n) is 11.0. The van der Waals surface area contributed by atoms with Gasteiger partial charge < -0.3 is 5.11 Å². The number of aromatic nitrogens is 3. The Morgan fingerprint density at radius 1 is 0.450 bits per heavy atom. The van der Waals surface area contributed by atoms with Gasteiger partial charge in [0, 0.05) is 31.1 Å². The number of para-hydroxylation sites is 2. The van der Waals surface area contributed by atoms with E-state index in [1.165, 1.54) is 0 Å². The third kappa shape index (κ3) is 6.84. The van der Waals surface area contributed by atoms with Crippen molar-refractivity contribution in [1.82, 2.24) is 14.5 Å². The van der Waals surface area contributed by atoms with Gasteiger partial charge in [0.25, 0.3) is 0 Å². The molecular formula is C56H41N3O. The molecule has 0 spiro atoms. The molecule has 0 aliphatic heterocycles. The first-order chi connectivity index (χ1) is 31.9. The molecule has 4 nitrogen and oxygen atoms in total. The summed E-state index contributed by atoms with van der Waals surface area (Å²) >= 11 is 0. The summed E-state index contributed by atoms with van der Waals surface area (Å²) in [6, 6.07) is 63.6. The standard InChI is InChI=1S/C56H41N3O/c1-37-25-27-40(28-26-37)43-29-30-57-51(35-43)46-33-44(39-15-6-3-7-16-39)32-45(34-46)47-22-14-23-52-55(47)58-56(48-21-12-13-24-54(48)60)59(52)53-36-49(41-17-8-4-9-18-41)38(2)31-50(53)42-19-10-5-11-20-42/h3-36,60H,1-2H3/i1D3,2D3. The lowest BCUT2D eigenvalue weighted by atomic mass is 9.93. The van der Waals surface area contributed by atoms with E-state index in [-0.39, 0.29) is 16.9 Å². The highest BCUT2D eigenvalue weighted by atomic mass is 16.3. The molecule has 286 valence electrons. The highest BCUT2D eigenvalue weighted by Gasteiger charge is 2.23. The van der Waals surface area contributed by atoms with Crippen molar-refractivity contribution in [2.45, 2.75) is 13.7 Å². The lowest BCUT2D eigenvalue weighted by Gasteiger charge is -2.19. The van der Waals surface area contributed by atoms with Crippen molar-refractivity contribution in [3.8, 4) is 89.7 Å². The van der Waals surface area contributed by atoms with Gasteiger partial charge in [-0.1, -0.05) is 145 Å². The Hall–Kier alpha value is -7.82. The van der Waals surface area contributed by atoms with Gasteiger partial charge in [-0.2, -0.15) is 0 Å². The van der Waals surface area contributed by atoms with Crippen LogP contribution in [0.2, 0.25) is 0 Å². The van der Waals surface area contributed by atoms with E-state index in [0.717, 1.165) is 61.3 Å². The Morgan fingerprint density at radius 3 is 1.80 bits per heavy atom. The molecule has 0 aliphatic rings. The number of imidazole rings is 1. The largest absolute Gasteiger partial charge is 0.507 e. The van der Waals surface area contributed by atoms with Crippen LogP contribution in [-0.2, 0) is 0 Å². The van der Waals surface area contributed by atoms with Crippen molar-refractivity contribution in [3.05, 3.63) is 218 Å². The fourth-order valence-corrected chi connectivity index (χ4v) is 8.06. The van der Waals surface area contributed by atoms with Gasteiger partial charge in [0.1, 0.15) is 11.6 Å². The Balaban J connectivity index is 1.23. The summed E-state index contributed by atoms with van der Waals surface area (Å²) in [4.78, 5) is 10.3. The van der Waals surface area contributed by atoms with E-state index in [9.17, 15) is 5.11 Å². The Labute approximate surface area is 358 Å². The van der Waals surface area contributed by atoms with Crippen LogP contribution in [0, 0.1) is 13.7 Å². The molecule has 0 bridgehead atoms. The van der Waals surface area contributed by atoms with Crippen LogP contribution in [0.3, 0.4) is 0 Å². The fourth-order valence-electron chi connectivity index (χ4n) is 8.06. The van der Waals surface area contributed by atoms with Gasteiger partial charge in [-0.3, -0.25) is 9.55 Å². The predicted molar refractivity (Wildman–Crippen MR) is 248 cm³/mol. The van der Waals surface area contributed by atoms with Crippen molar-refractivity contribution in [3.63, 3.8) is 0 Å². The quantitative estimate of drug-likeness (QED) is 0.167. The smallest absolute Gasteiger partial charge is 0.149 e. The molecule has 0 radical (unpaired) electrons. The number of phenolic OH excluding ortho intramolecular Hbond substituents is 1. The van der Waals surface area contributed by atoms with Crippen molar-refractivity contribution < 1.29 is 13.3 Å². The topological polar surface area (TPSA) is 50.9 Å². The maximum absolute atomic E-state index is 11.5. The molecule has 10 aromatic rings. The maximum Gasteiger partial charge on any atom is 0.149 e. The lowest BCUT2D eigenvalue weighted by Crippen LogP contribution is -2.02. The summed E-state index contributed by atoms with van der Waals surface area (Å²) < 4.78 is 51.7. The molecule has 2 aromatic heterocycles. The summed E-state index contributed by atoms with van der Waals surface area (Å²) in [5.74, 6) is 0.526. The number of benzene rings is 8. The van der Waals surface area contributed by atoms with Crippen LogP contribution in [0.15, 0.2) is 206 Å². The molecule has 8 aromatic carbocycles. The zero-order valence-electron chi connectivity index (χ0n) is 38.4. The predicted octanol–water partition coefficient (Wildman–Crippen LogP) is 14.4. The Bertz CT molecular complexity index is 3380. The number of pyridine rings is 1. The normalized spacial score (nSPS) is 13.1. The van der Waals surface area contributed by atoms with Gasteiger partial charge in [-0.25, -0.2) is 4.98 Å². The number of rotatable bonds is 8. The summed E-state index contributed by atoms with van der Waals surface area (Å²) in [6.45, 7) is -4.63. The molecule has 0 saturated heterocycles. The van der Waals surface area contributed by atoms with Gasteiger partial charge in [0.15, 0.2) is 0 Å². The van der Waals surface area contributed by atoms with Gasteiger partial charge >= 0.3 is 0 Å². The van der Waals surface area contributed by atoms with Crippen LogP contribution in [0.5, 0.6) is 5.75 Å². The third-order valence-corrected chi connectivity index (χ3v) is 11.0. The van der Waals surface area contributed by atoms with Crippen LogP contribution in [0.4, 0.5) is 0 Å². The fraction of sp³-hybridized carbons (Fsp3) is 0.0357. The van der Waals surface area contributed by atoms with Crippen LogP contribution < -0.4 is 0 Å². The van der Waals surface area contributed by atoms with Crippen LogP contribution in [0.1, 0.15) is 19.4 Å². The zero-order valence-corrected chi connectivity index (χ0v) is 32.4. The second-order valence-corrected chi connectivity index (χ2v) is 14.8. The maximum atomic E-state index is 11.5. The van der Waals surface area contributed by atoms with E-state index in [4.69, 9.17) is 18.2 Å². The van der Waals surface area contributed by atoms with Crippen LogP contribution in [-0.4, -0.2) is 19.6 Å². The average Bonchev–Trinajstić information content (AvgIpc) is 3.73. The minimum atomic E-state index is -2.43. The lowest BCUT2D eigenvalue weighted by molar-refractivity contribution is 0.477. The van der Waals surface area contributed by atoms with Crippen LogP contribution in [0.25, 0.3) is 95.0 Å². The number of phenols is 1. The van der Waals surface area contributed by atoms with E-state index < -0.39 is 13.7 Å². The molecule has 0 fully saturated rings. The van der Waals surface area contributed by atoms with Gasteiger partial charge in [0.2, 0.25) is 0 Å². The Morgan fingerprint density at radius 2 is 1.08 bits per heavy atom. The van der Waals surface area contributed by atoms with E-state index in [0.29, 0.717) is 33.7 Å². The van der Waals surface area contributed by atoms with E-state index in [2.05, 4.69) is 30.3 Å². The number of hydrogen-bond donors (Lipinski definition) is 1. The van der Waals surface area contributed by atoms with Gasteiger partial charge in [-0.05, 0) is 124 Å². The molecule has 2 heterocycles. The number of aromatic hydroxyl groups is 1. The number of nitrogens with zero attached hydrogens (tertiary/aromatic N) is 3. The van der Waals surface area contributed by atoms with E-state index in [1.54, 1.807) is 36.5 Å². The van der Waals surface area contributed by atoms with Gasteiger partial charge in [0.05, 0.1) is 28.0 Å². The second kappa shape index (κ2) is 15.5. The molecule has 10 rings (SSSR count). The minimum Gasteiger partial charge on any atom is -0.507 e. The van der Waals surface area contributed by atoms with Crippen LogP contribution >= 0.6 is 0 Å². The molecule has 1 N–H and O–H groups in total. The highest BCUT2D eigenvalue weighted by molar-refractivity contribution is 5.99. The number of aryl methyl sites for hydroxylation is 2. The first-order valence-corrected chi connectivity index (χ1v) is 19.8. The Kier molecular flexibility index (Phi) is 7.82. The summed E-state index contributed by atoms with van der Waals surface area (Å²) in [6.07, 6.45) is 1.77. The monoisotopic (exact) mass is 777 g/mol. The summed E-state index contributed by atoms with van der Waals surface area (Å²) in [5, 5.41) is 11.5. The summed E-state index contributed by atoms with van der Waals surface area (Å²) in [5.41, 5.74) is 13.0. The van der Waals surface area contributed by atoms with Crippen molar-refractivity contribution >= 4 is 11.0 Å². The SMILES string of the molecule is [2H]C([2H])([2H])c1ccc(-c2ccnc(-c3cc(-c4ccccc4)cc(-c4cccc5c4nc(-c4ccccc4O)n5-c4cc(-c5ccccc5)c(C([2H])([2H])[2H])cc4-c4ccccc4)c3)c2)cc1. The minimum absolute atomic E-state index is 0.0478. The van der Waals surface area contributed by atoms with Crippen molar-refractivity contribution in [2.75, 3.05) is 0 Å². The molecule has 0 aliphatic carbocycles. The van der Waals surface area contributed by atoms with E-state index >= 15 is 0 Å². The molecule has 60 heavy (non-hydrogen) atoms. The van der Waals surface area contributed by atoms with Crippen molar-refractivity contribution in [2.24, 2.45) is 0 Å². The first kappa shape index (κ1) is 30.3. The average molecular weight is 778 g/mol. The molecule has 0 unspecified atom stereocenters.